The third-order valence-corrected chi connectivity index (χ3v) is 1.86. The highest BCUT2D eigenvalue weighted by Crippen LogP contribution is 2.03. The predicted octanol–water partition coefficient (Wildman–Crippen LogP) is 1.09. The second-order valence-electron chi connectivity index (χ2n) is 2.31. The Morgan fingerprint density at radius 2 is 2.29 bits per heavy atom. The van der Waals surface area contributed by atoms with Crippen molar-refractivity contribution in [2.24, 2.45) is 0 Å². The van der Waals surface area contributed by atoms with E-state index in [2.05, 4.69) is 11.3 Å². The summed E-state index contributed by atoms with van der Waals surface area (Å²) in [6, 6.07) is 0. The first kappa shape index (κ1) is 12.8. The molecular weight excluding hydrogens is 204 g/mol. The van der Waals surface area contributed by atoms with E-state index in [0.29, 0.717) is 0 Å². The molecule has 0 aromatic rings. The van der Waals surface area contributed by atoms with Crippen molar-refractivity contribution in [1.82, 2.24) is 0 Å². The number of aliphatic carboxylic acids is 1. The van der Waals surface area contributed by atoms with E-state index >= 15 is 0 Å². The molecule has 1 N–H and O–H groups in total. The van der Waals surface area contributed by atoms with Gasteiger partial charge in [0.2, 0.25) is 6.10 Å². The quantitative estimate of drug-likeness (QED) is 0.409. The Labute approximate surface area is 86.6 Å². The second kappa shape index (κ2) is 7.20. The van der Waals surface area contributed by atoms with Gasteiger partial charge in [-0.15, -0.1) is 0 Å². The minimum atomic E-state index is -1.14. The number of esters is 1. The number of carbonyl (C=O) groups excluding carboxylic acids is 1. The summed E-state index contributed by atoms with van der Waals surface area (Å²) in [5, 5.41) is 8.64. The number of thioether (sulfide) groups is 1. The predicted molar refractivity (Wildman–Crippen MR) is 55.2 cm³/mol. The Morgan fingerprint density at radius 3 is 2.71 bits per heavy atom. The van der Waals surface area contributed by atoms with Crippen LogP contribution in [-0.4, -0.2) is 35.2 Å². The van der Waals surface area contributed by atoms with Crippen molar-refractivity contribution >= 4 is 23.7 Å². The van der Waals surface area contributed by atoms with Gasteiger partial charge in [-0.05, 0) is 6.26 Å². The van der Waals surface area contributed by atoms with E-state index in [4.69, 9.17) is 5.11 Å². The molecule has 0 spiro atoms. The van der Waals surface area contributed by atoms with Crippen molar-refractivity contribution in [3.8, 4) is 0 Å². The van der Waals surface area contributed by atoms with E-state index in [1.54, 1.807) is 6.26 Å². The maximum absolute atomic E-state index is 11.0. The van der Waals surface area contributed by atoms with Gasteiger partial charge in [-0.2, -0.15) is 11.8 Å². The van der Waals surface area contributed by atoms with Crippen LogP contribution in [0.5, 0.6) is 0 Å². The molecule has 0 heterocycles. The van der Waals surface area contributed by atoms with E-state index in [9.17, 15) is 9.59 Å². The Hall–Kier alpha value is -1.23. The fraction of sp³-hybridized carbons (Fsp3) is 0.333. The summed E-state index contributed by atoms with van der Waals surface area (Å²) < 4.78 is 4.66. The van der Waals surface area contributed by atoms with Gasteiger partial charge in [0.05, 0.1) is 0 Å². The summed E-state index contributed by atoms with van der Waals surface area (Å²) in [4.78, 5) is 21.5. The first-order chi connectivity index (χ1) is 6.61. The van der Waals surface area contributed by atoms with Gasteiger partial charge in [-0.3, -0.25) is 0 Å². The molecule has 5 heteroatoms. The largest absolute Gasteiger partial charge is 0.478 e. The number of hydrogen-bond donors (Lipinski definition) is 1. The highest BCUT2D eigenvalue weighted by Gasteiger charge is 2.19. The number of carbonyl (C=O) groups is 2. The van der Waals surface area contributed by atoms with Crippen LogP contribution in [0.3, 0.4) is 0 Å². The lowest BCUT2D eigenvalue weighted by Crippen LogP contribution is -2.28. The first-order valence-electron chi connectivity index (χ1n) is 3.83. The molecule has 0 saturated heterocycles. The van der Waals surface area contributed by atoms with Gasteiger partial charge < -0.3 is 9.84 Å². The molecule has 4 nitrogen and oxygen atoms in total. The van der Waals surface area contributed by atoms with Crippen LogP contribution in [0.1, 0.15) is 0 Å². The maximum atomic E-state index is 11.0. The Kier molecular flexibility index (Phi) is 6.57. The number of hydrogen-bond acceptors (Lipinski definition) is 4. The highest BCUT2D eigenvalue weighted by molar-refractivity contribution is 7.98. The van der Waals surface area contributed by atoms with Crippen LogP contribution >= 0.6 is 11.8 Å². The summed E-state index contributed by atoms with van der Waals surface area (Å²) in [6.45, 7) is 3.37. The van der Waals surface area contributed by atoms with Gasteiger partial charge in [0, 0.05) is 11.8 Å². The molecule has 1 unspecified atom stereocenters. The number of ether oxygens (including phenoxy) is 1. The van der Waals surface area contributed by atoms with E-state index in [-0.39, 0.29) is 5.75 Å². The number of carboxylic acid groups (broad SMARTS) is 1. The van der Waals surface area contributed by atoms with Gasteiger partial charge in [-0.1, -0.05) is 18.7 Å². The van der Waals surface area contributed by atoms with Crippen LogP contribution in [0.15, 0.2) is 24.8 Å². The molecule has 0 aliphatic carbocycles. The Morgan fingerprint density at radius 1 is 1.64 bits per heavy atom. The Balaban J connectivity index is 4.15. The number of allylic oxidation sites excluding steroid dienone is 2. The van der Waals surface area contributed by atoms with Crippen molar-refractivity contribution in [2.75, 3.05) is 12.0 Å². The van der Waals surface area contributed by atoms with Gasteiger partial charge in [0.25, 0.3) is 0 Å². The van der Waals surface area contributed by atoms with Gasteiger partial charge in [0.15, 0.2) is 0 Å². The average Bonchev–Trinajstić information content (AvgIpc) is 2.14. The lowest BCUT2D eigenvalue weighted by atomic mass is 10.4. The molecule has 0 saturated carbocycles. The summed E-state index contributed by atoms with van der Waals surface area (Å²) >= 11 is 1.30. The molecule has 0 aliphatic heterocycles. The molecule has 0 bridgehead atoms. The summed E-state index contributed by atoms with van der Waals surface area (Å²) in [7, 11) is 0. The molecule has 0 rings (SSSR count). The van der Waals surface area contributed by atoms with E-state index in [1.807, 2.05) is 0 Å². The van der Waals surface area contributed by atoms with Gasteiger partial charge >= 0.3 is 11.9 Å². The van der Waals surface area contributed by atoms with Crippen LogP contribution in [0.4, 0.5) is 0 Å². The molecule has 0 aliphatic rings. The lowest BCUT2D eigenvalue weighted by Gasteiger charge is -2.10. The van der Waals surface area contributed by atoms with Crippen molar-refractivity contribution in [2.45, 2.75) is 6.10 Å². The number of carboxylic acids is 1. The van der Waals surface area contributed by atoms with Crippen LogP contribution in [-0.2, 0) is 14.3 Å². The minimum Gasteiger partial charge on any atom is -0.478 e. The maximum Gasteiger partial charge on any atom is 0.345 e. The molecule has 1 atom stereocenters. The molecule has 0 aromatic heterocycles. The second-order valence-corrected chi connectivity index (χ2v) is 3.22. The zero-order valence-corrected chi connectivity index (χ0v) is 8.62. The normalized spacial score (nSPS) is 12.4. The summed E-state index contributed by atoms with van der Waals surface area (Å²) in [5.74, 6) is -1.57. The number of rotatable bonds is 6. The lowest BCUT2D eigenvalue weighted by molar-refractivity contribution is -0.158. The zero-order valence-electron chi connectivity index (χ0n) is 7.80. The minimum absolute atomic E-state index is 0.239. The monoisotopic (exact) mass is 216 g/mol. The van der Waals surface area contributed by atoms with Crippen molar-refractivity contribution in [1.29, 1.82) is 0 Å². The molecule has 0 amide bonds. The molecule has 0 fully saturated rings. The van der Waals surface area contributed by atoms with Crippen LogP contribution < -0.4 is 0 Å². The fourth-order valence-electron chi connectivity index (χ4n) is 0.633. The molecule has 14 heavy (non-hydrogen) atoms. The Bertz CT molecular complexity index is 247. The molecular formula is C9H12O4S. The first-order valence-corrected chi connectivity index (χ1v) is 5.22. The SMILES string of the molecule is C=C/C=C/C(=O)OC(CSC)C(=O)O. The van der Waals surface area contributed by atoms with Gasteiger partial charge in [-0.25, -0.2) is 9.59 Å². The highest BCUT2D eigenvalue weighted by atomic mass is 32.2. The summed E-state index contributed by atoms with van der Waals surface area (Å²) in [5.41, 5.74) is 0. The molecule has 0 aromatic carbocycles. The van der Waals surface area contributed by atoms with Gasteiger partial charge in [0.1, 0.15) is 0 Å². The van der Waals surface area contributed by atoms with Crippen molar-refractivity contribution < 1.29 is 19.4 Å². The third-order valence-electron chi connectivity index (χ3n) is 1.22. The van der Waals surface area contributed by atoms with Crippen LogP contribution in [0.2, 0.25) is 0 Å². The fourth-order valence-corrected chi connectivity index (χ4v) is 1.15. The van der Waals surface area contributed by atoms with Crippen LogP contribution in [0.25, 0.3) is 0 Å². The standard InChI is InChI=1S/C9H12O4S/c1-3-4-5-8(10)13-7(6-14-2)9(11)12/h3-5,7H,1,6H2,2H3,(H,11,12)/b5-4+. The smallest absolute Gasteiger partial charge is 0.345 e. The van der Waals surface area contributed by atoms with E-state index < -0.39 is 18.0 Å². The molecule has 78 valence electrons. The topological polar surface area (TPSA) is 63.6 Å². The average molecular weight is 216 g/mol. The summed E-state index contributed by atoms with van der Waals surface area (Å²) in [6.07, 6.45) is 4.57. The van der Waals surface area contributed by atoms with Crippen LogP contribution in [0, 0.1) is 0 Å². The van der Waals surface area contributed by atoms with Crippen molar-refractivity contribution in [3.63, 3.8) is 0 Å². The third kappa shape index (κ3) is 5.42. The van der Waals surface area contributed by atoms with Crippen molar-refractivity contribution in [3.05, 3.63) is 24.8 Å². The molecule has 0 radical (unpaired) electrons. The van der Waals surface area contributed by atoms with E-state index in [0.717, 1.165) is 6.08 Å². The zero-order chi connectivity index (χ0) is 11.0. The van der Waals surface area contributed by atoms with E-state index in [1.165, 1.54) is 23.9 Å².